The van der Waals surface area contributed by atoms with Gasteiger partial charge in [-0.05, 0) is 40.2 Å². The molecule has 0 heterocycles. The first-order chi connectivity index (χ1) is 12.0. The number of carbonyl (C=O) groups excluding carboxylic acids is 2. The van der Waals surface area contributed by atoms with E-state index in [1.54, 1.807) is 18.2 Å². The number of nitro benzene ring substituents is 1. The number of non-ortho nitro benzene ring substituents is 1. The maximum absolute atomic E-state index is 11.8. The van der Waals surface area contributed by atoms with Gasteiger partial charge in [0, 0.05) is 16.6 Å². The molecule has 8 nitrogen and oxygen atoms in total. The van der Waals surface area contributed by atoms with E-state index >= 15 is 0 Å². The van der Waals surface area contributed by atoms with Crippen molar-refractivity contribution in [1.29, 1.82) is 0 Å². The number of rotatable bonds is 7. The molecular weight excluding hydrogens is 394 g/mol. The minimum Gasteiger partial charge on any atom is -0.484 e. The number of nitrogens with zero attached hydrogens (tertiary/aromatic N) is 1. The van der Waals surface area contributed by atoms with E-state index in [1.165, 1.54) is 24.3 Å². The molecule has 2 rings (SSSR count). The van der Waals surface area contributed by atoms with Crippen LogP contribution >= 0.6 is 15.9 Å². The molecule has 0 radical (unpaired) electrons. The topological polar surface area (TPSA) is 111 Å². The van der Waals surface area contributed by atoms with E-state index in [0.29, 0.717) is 11.4 Å². The van der Waals surface area contributed by atoms with Gasteiger partial charge in [-0.2, -0.15) is 0 Å². The SMILES string of the molecule is O=C(COc1ccc([N+](=O)[O-])cc1)NCC(=O)Nc1ccccc1Br. The molecule has 0 bridgehead atoms. The fourth-order valence-corrected chi connectivity index (χ4v) is 2.18. The quantitative estimate of drug-likeness (QED) is 0.540. The molecule has 2 aromatic rings. The number of anilines is 1. The van der Waals surface area contributed by atoms with Gasteiger partial charge in [0.1, 0.15) is 5.75 Å². The molecular formula is C16H14BrN3O5. The number of hydrogen-bond acceptors (Lipinski definition) is 5. The first-order valence-corrected chi connectivity index (χ1v) is 7.93. The van der Waals surface area contributed by atoms with Gasteiger partial charge in [0.2, 0.25) is 5.91 Å². The summed E-state index contributed by atoms with van der Waals surface area (Å²) in [5.74, 6) is -0.547. The summed E-state index contributed by atoms with van der Waals surface area (Å²) in [5.41, 5.74) is 0.532. The van der Waals surface area contributed by atoms with Crippen LogP contribution in [0, 0.1) is 10.1 Å². The molecule has 2 amide bonds. The molecule has 0 fully saturated rings. The Bertz CT molecular complexity index is 780. The summed E-state index contributed by atoms with van der Waals surface area (Å²) >= 11 is 3.31. The van der Waals surface area contributed by atoms with E-state index in [2.05, 4.69) is 26.6 Å². The van der Waals surface area contributed by atoms with Gasteiger partial charge >= 0.3 is 0 Å². The summed E-state index contributed by atoms with van der Waals surface area (Å²) in [6.07, 6.45) is 0. The van der Waals surface area contributed by atoms with Gasteiger partial charge in [-0.15, -0.1) is 0 Å². The monoisotopic (exact) mass is 407 g/mol. The van der Waals surface area contributed by atoms with Crippen LogP contribution in [0.3, 0.4) is 0 Å². The van der Waals surface area contributed by atoms with Gasteiger partial charge in [-0.1, -0.05) is 12.1 Å². The Kier molecular flexibility index (Phi) is 6.47. The fourth-order valence-electron chi connectivity index (χ4n) is 1.80. The van der Waals surface area contributed by atoms with Crippen molar-refractivity contribution in [1.82, 2.24) is 5.32 Å². The summed E-state index contributed by atoms with van der Waals surface area (Å²) in [5, 5.41) is 15.6. The number of carbonyl (C=O) groups is 2. The third-order valence-electron chi connectivity index (χ3n) is 3.01. The van der Waals surface area contributed by atoms with Crippen molar-refractivity contribution in [3.05, 3.63) is 63.1 Å². The molecule has 0 aliphatic heterocycles. The zero-order valence-electron chi connectivity index (χ0n) is 12.9. The van der Waals surface area contributed by atoms with E-state index in [0.717, 1.165) is 4.47 Å². The van der Waals surface area contributed by atoms with Crippen LogP contribution < -0.4 is 15.4 Å². The predicted molar refractivity (Wildman–Crippen MR) is 94.4 cm³/mol. The highest BCUT2D eigenvalue weighted by atomic mass is 79.9. The van der Waals surface area contributed by atoms with Crippen molar-refractivity contribution in [2.75, 3.05) is 18.5 Å². The Morgan fingerprint density at radius 3 is 2.40 bits per heavy atom. The molecule has 9 heteroatoms. The molecule has 0 aromatic heterocycles. The Morgan fingerprint density at radius 2 is 1.76 bits per heavy atom. The van der Waals surface area contributed by atoms with Gasteiger partial charge in [-0.3, -0.25) is 19.7 Å². The Morgan fingerprint density at radius 1 is 1.08 bits per heavy atom. The molecule has 2 N–H and O–H groups in total. The van der Waals surface area contributed by atoms with E-state index in [-0.39, 0.29) is 24.7 Å². The lowest BCUT2D eigenvalue weighted by Crippen LogP contribution is -2.35. The lowest BCUT2D eigenvalue weighted by atomic mass is 10.3. The average molecular weight is 408 g/mol. The summed E-state index contributed by atoms with van der Waals surface area (Å²) in [6, 6.07) is 12.4. The smallest absolute Gasteiger partial charge is 0.269 e. The normalized spacial score (nSPS) is 9.96. The van der Waals surface area contributed by atoms with E-state index < -0.39 is 10.8 Å². The Labute approximate surface area is 151 Å². The van der Waals surface area contributed by atoms with Crippen LogP contribution in [0.5, 0.6) is 5.75 Å². The van der Waals surface area contributed by atoms with Gasteiger partial charge < -0.3 is 15.4 Å². The second-order valence-corrected chi connectivity index (χ2v) is 5.70. The molecule has 0 aliphatic rings. The minimum atomic E-state index is -0.528. The average Bonchev–Trinajstić information content (AvgIpc) is 2.60. The number of benzene rings is 2. The van der Waals surface area contributed by atoms with Crippen LogP contribution in [-0.4, -0.2) is 29.9 Å². The van der Waals surface area contributed by atoms with Crippen LogP contribution in [-0.2, 0) is 9.59 Å². The van der Waals surface area contributed by atoms with Gasteiger partial charge in [-0.25, -0.2) is 0 Å². The first-order valence-electron chi connectivity index (χ1n) is 7.14. The zero-order valence-corrected chi connectivity index (χ0v) is 14.5. The van der Waals surface area contributed by atoms with Crippen LogP contribution in [0.4, 0.5) is 11.4 Å². The Hall–Kier alpha value is -2.94. The second-order valence-electron chi connectivity index (χ2n) is 4.84. The lowest BCUT2D eigenvalue weighted by Gasteiger charge is -2.09. The number of nitrogens with one attached hydrogen (secondary N) is 2. The van der Waals surface area contributed by atoms with Crippen molar-refractivity contribution >= 4 is 39.1 Å². The predicted octanol–water partition coefficient (Wildman–Crippen LogP) is 2.49. The van der Waals surface area contributed by atoms with Crippen molar-refractivity contribution in [3.8, 4) is 5.75 Å². The number of hydrogen-bond donors (Lipinski definition) is 2. The Balaban J connectivity index is 1.74. The highest BCUT2D eigenvalue weighted by molar-refractivity contribution is 9.10. The van der Waals surface area contributed by atoms with Crippen molar-refractivity contribution in [2.45, 2.75) is 0 Å². The van der Waals surface area contributed by atoms with Crippen molar-refractivity contribution in [3.63, 3.8) is 0 Å². The lowest BCUT2D eigenvalue weighted by molar-refractivity contribution is -0.384. The summed E-state index contributed by atoms with van der Waals surface area (Å²) in [6.45, 7) is -0.510. The van der Waals surface area contributed by atoms with Crippen LogP contribution in [0.15, 0.2) is 53.0 Å². The second kappa shape index (κ2) is 8.78. The molecule has 0 spiro atoms. The molecule has 130 valence electrons. The van der Waals surface area contributed by atoms with Gasteiger partial charge in [0.25, 0.3) is 11.6 Å². The van der Waals surface area contributed by atoms with E-state index in [4.69, 9.17) is 4.74 Å². The molecule has 25 heavy (non-hydrogen) atoms. The van der Waals surface area contributed by atoms with Crippen LogP contribution in [0.2, 0.25) is 0 Å². The maximum Gasteiger partial charge on any atom is 0.269 e. The summed E-state index contributed by atoms with van der Waals surface area (Å²) in [4.78, 5) is 33.5. The number of halogens is 1. The first kappa shape index (κ1) is 18.4. The number of ether oxygens (including phenoxy) is 1. The summed E-state index contributed by atoms with van der Waals surface area (Å²) < 4.78 is 5.93. The highest BCUT2D eigenvalue weighted by Gasteiger charge is 2.09. The van der Waals surface area contributed by atoms with Gasteiger partial charge in [0.05, 0.1) is 17.2 Å². The van der Waals surface area contributed by atoms with Crippen molar-refractivity contribution in [2.24, 2.45) is 0 Å². The van der Waals surface area contributed by atoms with Gasteiger partial charge in [0.15, 0.2) is 6.61 Å². The zero-order chi connectivity index (χ0) is 18.2. The third kappa shape index (κ3) is 5.88. The van der Waals surface area contributed by atoms with Crippen LogP contribution in [0.1, 0.15) is 0 Å². The molecule has 2 aromatic carbocycles. The fraction of sp³-hybridized carbons (Fsp3) is 0.125. The van der Waals surface area contributed by atoms with Crippen molar-refractivity contribution < 1.29 is 19.2 Å². The molecule has 0 saturated heterocycles. The molecule has 0 aliphatic carbocycles. The molecule has 0 atom stereocenters. The minimum absolute atomic E-state index is 0.0689. The van der Waals surface area contributed by atoms with E-state index in [1.807, 2.05) is 6.07 Å². The van der Waals surface area contributed by atoms with E-state index in [9.17, 15) is 19.7 Å². The number of nitro groups is 1. The number of para-hydroxylation sites is 1. The third-order valence-corrected chi connectivity index (χ3v) is 3.70. The highest BCUT2D eigenvalue weighted by Crippen LogP contribution is 2.20. The maximum atomic E-state index is 11.8. The summed E-state index contributed by atoms with van der Waals surface area (Å²) in [7, 11) is 0. The molecule has 0 unspecified atom stereocenters. The molecule has 0 saturated carbocycles. The van der Waals surface area contributed by atoms with Crippen LogP contribution in [0.25, 0.3) is 0 Å². The largest absolute Gasteiger partial charge is 0.484 e. The standard InChI is InChI=1S/C16H14BrN3O5/c17-13-3-1-2-4-14(13)19-15(21)9-18-16(22)10-25-12-7-5-11(6-8-12)20(23)24/h1-8H,9-10H2,(H,18,22)(H,19,21). The number of amides is 2.